The third-order valence-electron chi connectivity index (χ3n) is 7.81. The average molecular weight is 446 g/mol. The molecule has 0 spiro atoms. The number of carbonyl (C=O) groups excluding carboxylic acids is 2. The number of nitrogens with one attached hydrogen (secondary N) is 1. The van der Waals surface area contributed by atoms with Crippen LogP contribution >= 0.6 is 0 Å². The van der Waals surface area contributed by atoms with Gasteiger partial charge in [0.05, 0.1) is 0 Å². The molecule has 3 aliphatic rings. The maximum Gasteiger partial charge on any atom is 0.254 e. The highest BCUT2D eigenvalue weighted by molar-refractivity contribution is 5.98. The molecule has 2 aromatic carbocycles. The third-order valence-corrected chi connectivity index (χ3v) is 7.81. The molecule has 2 aliphatic heterocycles. The van der Waals surface area contributed by atoms with Crippen molar-refractivity contribution >= 4 is 11.8 Å². The minimum Gasteiger partial charge on any atom is -0.354 e. The van der Waals surface area contributed by atoms with Crippen LogP contribution in [0, 0.1) is 5.92 Å². The fourth-order valence-electron chi connectivity index (χ4n) is 6.09. The molecule has 5 heteroatoms. The van der Waals surface area contributed by atoms with Crippen molar-refractivity contribution in [1.29, 1.82) is 0 Å². The van der Waals surface area contributed by atoms with Gasteiger partial charge in [0.1, 0.15) is 6.04 Å². The van der Waals surface area contributed by atoms with Crippen LogP contribution in [0.15, 0.2) is 54.6 Å². The van der Waals surface area contributed by atoms with Crippen LogP contribution in [-0.2, 0) is 17.8 Å². The molecule has 0 radical (unpaired) electrons. The van der Waals surface area contributed by atoms with E-state index in [1.54, 1.807) is 0 Å². The standard InChI is InChI=1S/C28H35N3O2/c32-27(29-16-8-17-30-18-15-21-9-4-5-13-24(21)20-30)26-19-23-12-6-7-14-25(23)31(26)28(33)22-10-2-1-3-11-22/h1-5,9-11,13,23,25-26H,6-8,12,14-20H2,(H,29,32). The Hall–Kier alpha value is -2.66. The highest BCUT2D eigenvalue weighted by atomic mass is 16.2. The van der Waals surface area contributed by atoms with E-state index in [0.717, 1.165) is 58.2 Å². The summed E-state index contributed by atoms with van der Waals surface area (Å²) in [6.07, 6.45) is 7.34. The van der Waals surface area contributed by atoms with Gasteiger partial charge in [0.15, 0.2) is 0 Å². The van der Waals surface area contributed by atoms with Gasteiger partial charge in [0.2, 0.25) is 5.91 Å². The van der Waals surface area contributed by atoms with E-state index >= 15 is 0 Å². The van der Waals surface area contributed by atoms with E-state index in [1.807, 2.05) is 35.2 Å². The number of hydrogen-bond donors (Lipinski definition) is 1. The molecule has 174 valence electrons. The van der Waals surface area contributed by atoms with Crippen LogP contribution in [0.2, 0.25) is 0 Å². The summed E-state index contributed by atoms with van der Waals surface area (Å²) in [7, 11) is 0. The molecule has 5 rings (SSSR count). The fourth-order valence-corrected chi connectivity index (χ4v) is 6.09. The van der Waals surface area contributed by atoms with Crippen molar-refractivity contribution in [3.8, 4) is 0 Å². The highest BCUT2D eigenvalue weighted by Crippen LogP contribution is 2.40. The lowest BCUT2D eigenvalue weighted by Gasteiger charge is -2.33. The van der Waals surface area contributed by atoms with Gasteiger partial charge in [-0.2, -0.15) is 0 Å². The van der Waals surface area contributed by atoms with Gasteiger partial charge in [-0.15, -0.1) is 0 Å². The average Bonchev–Trinajstić information content (AvgIpc) is 3.26. The Morgan fingerprint density at radius 2 is 1.70 bits per heavy atom. The van der Waals surface area contributed by atoms with Crippen LogP contribution in [0.1, 0.15) is 60.0 Å². The molecule has 1 aliphatic carbocycles. The second-order valence-corrected chi connectivity index (χ2v) is 9.88. The normalized spacial score (nSPS) is 24.7. The molecule has 3 unspecified atom stereocenters. The number of rotatable bonds is 6. The zero-order valence-corrected chi connectivity index (χ0v) is 19.4. The minimum atomic E-state index is -0.340. The summed E-state index contributed by atoms with van der Waals surface area (Å²) in [5, 5.41) is 3.17. The SMILES string of the molecule is O=C(NCCCN1CCc2ccccc2C1)C1CC2CCCCC2N1C(=O)c1ccccc1. The summed E-state index contributed by atoms with van der Waals surface area (Å²) in [4.78, 5) is 31.0. The molecule has 3 atom stereocenters. The van der Waals surface area contributed by atoms with Gasteiger partial charge in [0.25, 0.3) is 5.91 Å². The Labute approximate surface area is 197 Å². The van der Waals surface area contributed by atoms with Gasteiger partial charge in [-0.1, -0.05) is 55.3 Å². The summed E-state index contributed by atoms with van der Waals surface area (Å²) in [6.45, 7) is 3.72. The molecule has 1 N–H and O–H groups in total. The molecule has 1 saturated carbocycles. The summed E-state index contributed by atoms with van der Waals surface area (Å²) in [6, 6.07) is 18.0. The van der Waals surface area contributed by atoms with Crippen LogP contribution in [0.4, 0.5) is 0 Å². The van der Waals surface area contributed by atoms with E-state index in [9.17, 15) is 9.59 Å². The minimum absolute atomic E-state index is 0.0112. The highest BCUT2D eigenvalue weighted by Gasteiger charge is 2.47. The zero-order chi connectivity index (χ0) is 22.6. The van der Waals surface area contributed by atoms with Gasteiger partial charge < -0.3 is 10.2 Å². The van der Waals surface area contributed by atoms with Crippen molar-refractivity contribution < 1.29 is 9.59 Å². The number of fused-ring (bicyclic) bond motifs is 2. The number of amides is 2. The molecule has 33 heavy (non-hydrogen) atoms. The van der Waals surface area contributed by atoms with E-state index < -0.39 is 0 Å². The van der Waals surface area contributed by atoms with Gasteiger partial charge in [-0.05, 0) is 61.3 Å². The molecule has 2 heterocycles. The fraction of sp³-hybridized carbons (Fsp3) is 0.500. The molecular formula is C28H35N3O2. The predicted molar refractivity (Wildman–Crippen MR) is 130 cm³/mol. The van der Waals surface area contributed by atoms with Crippen molar-refractivity contribution in [3.05, 3.63) is 71.3 Å². The largest absolute Gasteiger partial charge is 0.354 e. The topological polar surface area (TPSA) is 52.7 Å². The number of benzene rings is 2. The second kappa shape index (κ2) is 10.1. The Bertz CT molecular complexity index is 976. The van der Waals surface area contributed by atoms with E-state index in [2.05, 4.69) is 34.5 Å². The van der Waals surface area contributed by atoms with Gasteiger partial charge in [-0.3, -0.25) is 14.5 Å². The number of likely N-dealkylation sites (tertiary alicyclic amines) is 1. The van der Waals surface area contributed by atoms with Crippen LogP contribution < -0.4 is 5.32 Å². The maximum absolute atomic E-state index is 13.4. The Morgan fingerprint density at radius 1 is 0.939 bits per heavy atom. The van der Waals surface area contributed by atoms with E-state index in [0.29, 0.717) is 18.0 Å². The molecule has 2 aromatic rings. The number of hydrogen-bond acceptors (Lipinski definition) is 3. The van der Waals surface area contributed by atoms with Crippen LogP contribution in [-0.4, -0.2) is 53.3 Å². The van der Waals surface area contributed by atoms with Crippen LogP contribution in [0.25, 0.3) is 0 Å². The van der Waals surface area contributed by atoms with E-state index in [-0.39, 0.29) is 23.9 Å². The lowest BCUT2D eigenvalue weighted by Crippen LogP contribution is -2.49. The van der Waals surface area contributed by atoms with E-state index in [4.69, 9.17) is 0 Å². The Balaban J connectivity index is 1.17. The number of carbonyl (C=O) groups is 2. The summed E-state index contributed by atoms with van der Waals surface area (Å²) in [5.41, 5.74) is 3.58. The lowest BCUT2D eigenvalue weighted by molar-refractivity contribution is -0.125. The first-order valence-electron chi connectivity index (χ1n) is 12.7. The monoisotopic (exact) mass is 445 g/mol. The summed E-state index contributed by atoms with van der Waals surface area (Å²) < 4.78 is 0. The summed E-state index contributed by atoms with van der Waals surface area (Å²) in [5.74, 6) is 0.491. The quantitative estimate of drug-likeness (QED) is 0.683. The molecule has 0 aromatic heterocycles. The van der Waals surface area contributed by atoms with Crippen molar-refractivity contribution in [1.82, 2.24) is 15.1 Å². The van der Waals surface area contributed by atoms with Crippen molar-refractivity contribution in [2.24, 2.45) is 5.92 Å². The Morgan fingerprint density at radius 3 is 2.55 bits per heavy atom. The van der Waals surface area contributed by atoms with Gasteiger partial charge in [0, 0.05) is 37.8 Å². The van der Waals surface area contributed by atoms with Gasteiger partial charge in [-0.25, -0.2) is 0 Å². The summed E-state index contributed by atoms with van der Waals surface area (Å²) >= 11 is 0. The number of nitrogens with zero attached hydrogens (tertiary/aromatic N) is 2. The van der Waals surface area contributed by atoms with Crippen molar-refractivity contribution in [2.75, 3.05) is 19.6 Å². The molecule has 2 amide bonds. The molecule has 1 saturated heterocycles. The lowest BCUT2D eigenvalue weighted by atomic mass is 9.84. The first-order chi connectivity index (χ1) is 16.2. The molecule has 2 fully saturated rings. The first-order valence-corrected chi connectivity index (χ1v) is 12.7. The third kappa shape index (κ3) is 4.84. The second-order valence-electron chi connectivity index (χ2n) is 9.88. The molecule has 0 bridgehead atoms. The molecule has 5 nitrogen and oxygen atoms in total. The Kier molecular flexibility index (Phi) is 6.77. The van der Waals surface area contributed by atoms with Crippen LogP contribution in [0.3, 0.4) is 0 Å². The smallest absolute Gasteiger partial charge is 0.254 e. The zero-order valence-electron chi connectivity index (χ0n) is 19.4. The van der Waals surface area contributed by atoms with Crippen LogP contribution in [0.5, 0.6) is 0 Å². The van der Waals surface area contributed by atoms with E-state index in [1.165, 1.54) is 17.5 Å². The van der Waals surface area contributed by atoms with Crippen molar-refractivity contribution in [2.45, 2.75) is 63.6 Å². The first kappa shape index (κ1) is 22.1. The van der Waals surface area contributed by atoms with Gasteiger partial charge >= 0.3 is 0 Å². The maximum atomic E-state index is 13.4. The molecular weight excluding hydrogens is 410 g/mol. The predicted octanol–water partition coefficient (Wildman–Crippen LogP) is 4.02. The van der Waals surface area contributed by atoms with Crippen molar-refractivity contribution in [3.63, 3.8) is 0 Å².